The Bertz CT molecular complexity index is 784. The third-order valence-electron chi connectivity index (χ3n) is 3.27. The second-order valence-corrected chi connectivity index (χ2v) is 4.93. The van der Waals surface area contributed by atoms with E-state index in [0.717, 1.165) is 5.39 Å². The van der Waals surface area contributed by atoms with Crippen LogP contribution in [0.1, 0.15) is 17.6 Å². The number of nitrogens with one attached hydrogen (secondary N) is 1. The van der Waals surface area contributed by atoms with Crippen molar-refractivity contribution in [1.29, 1.82) is 0 Å². The summed E-state index contributed by atoms with van der Waals surface area (Å²) in [7, 11) is 0. The van der Waals surface area contributed by atoms with Crippen LogP contribution in [0.3, 0.4) is 0 Å². The molecule has 0 amide bonds. The zero-order chi connectivity index (χ0) is 14.3. The van der Waals surface area contributed by atoms with Gasteiger partial charge in [-0.05, 0) is 30.8 Å². The van der Waals surface area contributed by atoms with Crippen molar-refractivity contribution in [3.05, 3.63) is 29.0 Å². The molecule has 2 aromatic rings. The molecule has 0 spiro atoms. The van der Waals surface area contributed by atoms with Crippen molar-refractivity contribution < 1.29 is 14.7 Å². The molecule has 0 radical (unpaired) electrons. The molecule has 0 bridgehead atoms. The summed E-state index contributed by atoms with van der Waals surface area (Å²) in [6.45, 7) is 0. The maximum atomic E-state index is 12.3. The standard InChI is InChI=1S/C13H11N3O3S/c17-10(18)6-5-9-12(19)16-11(14-9)7-3-1-2-4-8(7)15-13(16)20/h1-4,9,14H,5-6H2,(H,17,18). The minimum atomic E-state index is -0.929. The number of carbonyl (C=O) groups is 2. The van der Waals surface area contributed by atoms with Crippen LogP contribution in [0.15, 0.2) is 24.3 Å². The van der Waals surface area contributed by atoms with E-state index in [9.17, 15) is 9.59 Å². The summed E-state index contributed by atoms with van der Waals surface area (Å²) < 4.78 is 1.54. The zero-order valence-corrected chi connectivity index (χ0v) is 11.2. The number of rotatable bonds is 3. The Morgan fingerprint density at radius 2 is 2.20 bits per heavy atom. The quantitative estimate of drug-likeness (QED) is 0.841. The lowest BCUT2D eigenvalue weighted by Gasteiger charge is -2.06. The molecule has 1 aliphatic rings. The zero-order valence-electron chi connectivity index (χ0n) is 10.4. The summed E-state index contributed by atoms with van der Waals surface area (Å²) in [6.07, 6.45) is 0.148. The topological polar surface area (TPSA) is 84.2 Å². The molecule has 0 saturated carbocycles. The normalized spacial score (nSPS) is 17.0. The highest BCUT2D eigenvalue weighted by Crippen LogP contribution is 2.28. The lowest BCUT2D eigenvalue weighted by Crippen LogP contribution is -2.25. The maximum Gasteiger partial charge on any atom is 0.303 e. The number of para-hydroxylation sites is 1. The van der Waals surface area contributed by atoms with Crippen LogP contribution >= 0.6 is 12.2 Å². The molecule has 1 aromatic heterocycles. The Kier molecular flexibility index (Phi) is 2.98. The Balaban J connectivity index is 2.08. The van der Waals surface area contributed by atoms with Gasteiger partial charge in [0.25, 0.3) is 5.91 Å². The van der Waals surface area contributed by atoms with E-state index in [1.807, 2.05) is 24.3 Å². The molecule has 20 heavy (non-hydrogen) atoms. The predicted octanol–water partition coefficient (Wildman–Crippen LogP) is 2.06. The number of aromatic nitrogens is 2. The number of hydrogen-bond acceptors (Lipinski definition) is 5. The van der Waals surface area contributed by atoms with E-state index in [1.54, 1.807) is 0 Å². The van der Waals surface area contributed by atoms with E-state index < -0.39 is 12.0 Å². The second-order valence-electron chi connectivity index (χ2n) is 4.56. The van der Waals surface area contributed by atoms with E-state index >= 15 is 0 Å². The van der Waals surface area contributed by atoms with E-state index in [1.165, 1.54) is 4.57 Å². The molecule has 102 valence electrons. The molecular weight excluding hydrogens is 278 g/mol. The predicted molar refractivity (Wildman–Crippen MR) is 75.5 cm³/mol. The monoisotopic (exact) mass is 289 g/mol. The number of carboxylic acid groups (broad SMARTS) is 1. The van der Waals surface area contributed by atoms with Gasteiger partial charge in [-0.2, -0.15) is 0 Å². The van der Waals surface area contributed by atoms with Crippen molar-refractivity contribution in [2.24, 2.45) is 0 Å². The van der Waals surface area contributed by atoms with Gasteiger partial charge in [-0.3, -0.25) is 9.59 Å². The maximum absolute atomic E-state index is 12.3. The number of hydrogen-bond donors (Lipinski definition) is 2. The summed E-state index contributed by atoms with van der Waals surface area (Å²) in [6, 6.07) is 6.80. The van der Waals surface area contributed by atoms with Crippen LogP contribution < -0.4 is 5.32 Å². The number of fused-ring (bicyclic) bond motifs is 3. The first-order valence-corrected chi connectivity index (χ1v) is 6.53. The number of carbonyl (C=O) groups excluding carboxylic acids is 1. The average Bonchev–Trinajstić information content (AvgIpc) is 2.75. The fourth-order valence-corrected chi connectivity index (χ4v) is 2.61. The first-order valence-electron chi connectivity index (χ1n) is 6.12. The molecular formula is C13H11N3O3S. The molecule has 0 fully saturated rings. The largest absolute Gasteiger partial charge is 0.481 e. The minimum Gasteiger partial charge on any atom is -0.481 e. The van der Waals surface area contributed by atoms with Crippen LogP contribution in [0, 0.1) is 4.77 Å². The van der Waals surface area contributed by atoms with E-state index in [-0.39, 0.29) is 23.5 Å². The molecule has 6 nitrogen and oxygen atoms in total. The number of aliphatic carboxylic acids is 1. The number of benzene rings is 1. The Labute approximate surface area is 119 Å². The Morgan fingerprint density at radius 1 is 1.45 bits per heavy atom. The van der Waals surface area contributed by atoms with Gasteiger partial charge in [0.2, 0.25) is 4.77 Å². The van der Waals surface area contributed by atoms with Crippen LogP contribution in [-0.4, -0.2) is 32.6 Å². The van der Waals surface area contributed by atoms with Gasteiger partial charge in [-0.25, -0.2) is 9.55 Å². The van der Waals surface area contributed by atoms with E-state index in [4.69, 9.17) is 17.3 Å². The SMILES string of the molecule is O=C(O)CCC1Nc2c3ccccc3nc(=S)n2C1=O. The smallest absolute Gasteiger partial charge is 0.303 e. The second kappa shape index (κ2) is 4.68. The Hall–Kier alpha value is -2.28. The fourth-order valence-electron chi connectivity index (χ4n) is 2.33. The third kappa shape index (κ3) is 1.96. The van der Waals surface area contributed by atoms with Crippen molar-refractivity contribution in [2.45, 2.75) is 18.9 Å². The first kappa shape index (κ1) is 12.7. The van der Waals surface area contributed by atoms with Crippen LogP contribution in [0.5, 0.6) is 0 Å². The van der Waals surface area contributed by atoms with Gasteiger partial charge in [0, 0.05) is 11.8 Å². The van der Waals surface area contributed by atoms with Crippen molar-refractivity contribution in [2.75, 3.05) is 5.32 Å². The fraction of sp³-hybridized carbons (Fsp3) is 0.231. The number of anilines is 1. The van der Waals surface area contributed by atoms with E-state index in [2.05, 4.69) is 10.3 Å². The molecule has 1 aliphatic heterocycles. The highest BCUT2D eigenvalue weighted by atomic mass is 32.1. The van der Waals surface area contributed by atoms with Crippen LogP contribution in [-0.2, 0) is 4.79 Å². The highest BCUT2D eigenvalue weighted by molar-refractivity contribution is 7.71. The van der Waals surface area contributed by atoms with Crippen molar-refractivity contribution >= 4 is 40.8 Å². The summed E-state index contributed by atoms with van der Waals surface area (Å²) >= 11 is 5.15. The summed E-state index contributed by atoms with van der Waals surface area (Å²) in [5.41, 5.74) is 0.711. The van der Waals surface area contributed by atoms with Gasteiger partial charge in [0.15, 0.2) is 0 Å². The molecule has 1 atom stereocenters. The van der Waals surface area contributed by atoms with Crippen LogP contribution in [0.2, 0.25) is 0 Å². The molecule has 2 N–H and O–H groups in total. The average molecular weight is 289 g/mol. The van der Waals surface area contributed by atoms with E-state index in [0.29, 0.717) is 11.3 Å². The molecule has 1 aromatic carbocycles. The lowest BCUT2D eigenvalue weighted by molar-refractivity contribution is -0.137. The summed E-state index contributed by atoms with van der Waals surface area (Å²) in [5, 5.41) is 12.6. The lowest BCUT2D eigenvalue weighted by atomic mass is 10.1. The van der Waals surface area contributed by atoms with Gasteiger partial charge >= 0.3 is 5.97 Å². The number of nitrogens with zero attached hydrogens (tertiary/aromatic N) is 2. The van der Waals surface area contributed by atoms with Crippen molar-refractivity contribution in [1.82, 2.24) is 9.55 Å². The van der Waals surface area contributed by atoms with Crippen LogP contribution in [0.4, 0.5) is 5.82 Å². The highest BCUT2D eigenvalue weighted by Gasteiger charge is 2.31. The molecule has 3 rings (SSSR count). The van der Waals surface area contributed by atoms with Crippen LogP contribution in [0.25, 0.3) is 10.9 Å². The summed E-state index contributed by atoms with van der Waals surface area (Å²) in [4.78, 5) is 27.1. The molecule has 2 heterocycles. The molecule has 0 aliphatic carbocycles. The molecule has 7 heteroatoms. The summed E-state index contributed by atoms with van der Waals surface area (Å²) in [5.74, 6) is -0.576. The molecule has 0 saturated heterocycles. The van der Waals surface area contributed by atoms with Crippen molar-refractivity contribution in [3.8, 4) is 0 Å². The van der Waals surface area contributed by atoms with Gasteiger partial charge in [0.1, 0.15) is 11.9 Å². The van der Waals surface area contributed by atoms with Gasteiger partial charge in [0.05, 0.1) is 5.52 Å². The van der Waals surface area contributed by atoms with Gasteiger partial charge < -0.3 is 10.4 Å². The van der Waals surface area contributed by atoms with Gasteiger partial charge in [-0.1, -0.05) is 12.1 Å². The number of carboxylic acids is 1. The minimum absolute atomic E-state index is 0.0733. The third-order valence-corrected chi connectivity index (χ3v) is 3.54. The molecule has 1 unspecified atom stereocenters. The van der Waals surface area contributed by atoms with Crippen molar-refractivity contribution in [3.63, 3.8) is 0 Å². The first-order chi connectivity index (χ1) is 9.58. The van der Waals surface area contributed by atoms with Gasteiger partial charge in [-0.15, -0.1) is 0 Å². The Morgan fingerprint density at radius 3 is 2.95 bits per heavy atom.